The molecule has 0 bridgehead atoms. The fourth-order valence-corrected chi connectivity index (χ4v) is 3.65. The first-order chi connectivity index (χ1) is 12.3. The van der Waals surface area contributed by atoms with Crippen LogP contribution in [0.4, 0.5) is 0 Å². The molecular formula is C16H18ClN5O3S. The third kappa shape index (κ3) is 3.63. The van der Waals surface area contributed by atoms with Crippen LogP contribution in [0.3, 0.4) is 0 Å². The van der Waals surface area contributed by atoms with Crippen LogP contribution in [0.25, 0.3) is 4.96 Å². The van der Waals surface area contributed by atoms with Crippen molar-refractivity contribution in [2.24, 2.45) is 5.92 Å². The number of esters is 1. The summed E-state index contributed by atoms with van der Waals surface area (Å²) in [5.41, 5.74) is 1.11. The van der Waals surface area contributed by atoms with Crippen molar-refractivity contribution in [2.45, 2.75) is 40.8 Å². The van der Waals surface area contributed by atoms with Gasteiger partial charge in [0.25, 0.3) is 5.56 Å². The lowest BCUT2D eigenvalue weighted by atomic mass is 10.2. The molecule has 0 saturated heterocycles. The van der Waals surface area contributed by atoms with E-state index in [-0.39, 0.29) is 22.9 Å². The summed E-state index contributed by atoms with van der Waals surface area (Å²) < 4.78 is 8.12. The smallest absolute Gasteiger partial charge is 0.343 e. The molecule has 3 rings (SSSR count). The molecular weight excluding hydrogens is 378 g/mol. The van der Waals surface area contributed by atoms with Gasteiger partial charge in [-0.2, -0.15) is 14.7 Å². The molecule has 0 fully saturated rings. The molecule has 26 heavy (non-hydrogen) atoms. The first kappa shape index (κ1) is 18.5. The zero-order valence-electron chi connectivity index (χ0n) is 14.8. The predicted molar refractivity (Wildman–Crippen MR) is 97.8 cm³/mol. The third-order valence-corrected chi connectivity index (χ3v) is 4.82. The molecule has 0 saturated carbocycles. The Balaban J connectivity index is 1.78. The van der Waals surface area contributed by atoms with E-state index in [0.29, 0.717) is 33.8 Å². The third-order valence-electron chi connectivity index (χ3n) is 3.55. The van der Waals surface area contributed by atoms with E-state index >= 15 is 0 Å². The first-order valence-corrected chi connectivity index (χ1v) is 9.22. The molecule has 0 amide bonds. The maximum absolute atomic E-state index is 12.4. The van der Waals surface area contributed by atoms with Gasteiger partial charge in [0.2, 0.25) is 4.96 Å². The molecule has 3 heterocycles. The number of carbonyl (C=O) groups excluding carboxylic acids is 1. The molecule has 10 heteroatoms. The van der Waals surface area contributed by atoms with Crippen molar-refractivity contribution < 1.29 is 9.53 Å². The molecule has 0 unspecified atom stereocenters. The van der Waals surface area contributed by atoms with Gasteiger partial charge >= 0.3 is 5.97 Å². The predicted octanol–water partition coefficient (Wildman–Crippen LogP) is 2.63. The topological polar surface area (TPSA) is 91.4 Å². The SMILES string of the molecule is Cc1cc(=O)n2nc(COC(=O)c3c(C)nn(CC(C)C)c3Cl)sc2n1. The van der Waals surface area contributed by atoms with E-state index < -0.39 is 5.97 Å². The van der Waals surface area contributed by atoms with Crippen LogP contribution >= 0.6 is 22.9 Å². The van der Waals surface area contributed by atoms with E-state index in [4.69, 9.17) is 16.3 Å². The van der Waals surface area contributed by atoms with E-state index in [2.05, 4.69) is 15.2 Å². The minimum absolute atomic E-state index is 0.0729. The van der Waals surface area contributed by atoms with Crippen LogP contribution in [0.1, 0.15) is 40.6 Å². The van der Waals surface area contributed by atoms with Crippen molar-refractivity contribution in [3.8, 4) is 0 Å². The van der Waals surface area contributed by atoms with Crippen LogP contribution < -0.4 is 5.56 Å². The quantitative estimate of drug-likeness (QED) is 0.617. The summed E-state index contributed by atoms with van der Waals surface area (Å²) in [4.78, 5) is 29.0. The number of ether oxygens (including phenoxy) is 1. The van der Waals surface area contributed by atoms with Gasteiger partial charge in [0.1, 0.15) is 17.3 Å². The second-order valence-electron chi connectivity index (χ2n) is 6.33. The van der Waals surface area contributed by atoms with E-state index in [0.717, 1.165) is 0 Å². The van der Waals surface area contributed by atoms with Crippen molar-refractivity contribution in [1.82, 2.24) is 24.4 Å². The van der Waals surface area contributed by atoms with Crippen LogP contribution in [-0.4, -0.2) is 30.3 Å². The Hall–Kier alpha value is -2.26. The summed E-state index contributed by atoms with van der Waals surface area (Å²) in [5.74, 6) is -0.231. The average molecular weight is 396 g/mol. The number of carbonyl (C=O) groups is 1. The van der Waals surface area contributed by atoms with Gasteiger partial charge in [-0.25, -0.2) is 9.78 Å². The van der Waals surface area contributed by atoms with Crippen LogP contribution in [-0.2, 0) is 17.9 Å². The number of rotatable bonds is 5. The van der Waals surface area contributed by atoms with Crippen molar-refractivity contribution in [3.63, 3.8) is 0 Å². The van der Waals surface area contributed by atoms with Crippen LogP contribution in [0.15, 0.2) is 10.9 Å². The average Bonchev–Trinajstić information content (AvgIpc) is 3.06. The van der Waals surface area contributed by atoms with E-state index in [1.54, 1.807) is 18.5 Å². The lowest BCUT2D eigenvalue weighted by Gasteiger charge is -2.06. The summed E-state index contributed by atoms with van der Waals surface area (Å²) >= 11 is 7.48. The van der Waals surface area contributed by atoms with Crippen LogP contribution in [0, 0.1) is 19.8 Å². The van der Waals surface area contributed by atoms with Crippen molar-refractivity contribution in [2.75, 3.05) is 0 Å². The lowest BCUT2D eigenvalue weighted by Crippen LogP contribution is -2.14. The number of aryl methyl sites for hydroxylation is 2. The zero-order chi connectivity index (χ0) is 19.0. The molecule has 8 nitrogen and oxygen atoms in total. The fraction of sp³-hybridized carbons (Fsp3) is 0.438. The van der Waals surface area contributed by atoms with Gasteiger partial charge in [-0.05, 0) is 19.8 Å². The molecule has 3 aromatic heterocycles. The van der Waals surface area contributed by atoms with Crippen LogP contribution in [0.5, 0.6) is 0 Å². The summed E-state index contributed by atoms with van der Waals surface area (Å²) in [6.45, 7) is 8.06. The largest absolute Gasteiger partial charge is 0.454 e. The highest BCUT2D eigenvalue weighted by atomic mass is 35.5. The van der Waals surface area contributed by atoms with Gasteiger partial charge in [-0.1, -0.05) is 36.8 Å². The Kier molecular flexibility index (Phi) is 5.10. The summed E-state index contributed by atoms with van der Waals surface area (Å²) in [6.07, 6.45) is 0. The van der Waals surface area contributed by atoms with Crippen molar-refractivity contribution in [3.05, 3.63) is 43.5 Å². The number of nitrogens with zero attached hydrogens (tertiary/aromatic N) is 5. The zero-order valence-corrected chi connectivity index (χ0v) is 16.4. The van der Waals surface area contributed by atoms with Crippen molar-refractivity contribution in [1.29, 1.82) is 0 Å². The molecule has 0 spiro atoms. The summed E-state index contributed by atoms with van der Waals surface area (Å²) in [6, 6.07) is 1.40. The van der Waals surface area contributed by atoms with Gasteiger partial charge in [-0.3, -0.25) is 9.48 Å². The van der Waals surface area contributed by atoms with Gasteiger partial charge in [-0.15, -0.1) is 0 Å². The minimum atomic E-state index is -0.571. The molecule has 0 atom stereocenters. The molecule has 0 aliphatic heterocycles. The standard InChI is InChI=1S/C16H18ClN5O3S/c1-8(2)6-21-14(17)13(10(4)19-21)15(24)25-7-11-20-22-12(23)5-9(3)18-16(22)26-11/h5,8H,6-7H2,1-4H3. The Bertz CT molecular complexity index is 1040. The highest BCUT2D eigenvalue weighted by molar-refractivity contribution is 7.16. The van der Waals surface area contributed by atoms with E-state index in [9.17, 15) is 9.59 Å². The van der Waals surface area contributed by atoms with Crippen LogP contribution in [0.2, 0.25) is 5.15 Å². The summed E-state index contributed by atoms with van der Waals surface area (Å²) in [7, 11) is 0. The normalized spacial score (nSPS) is 11.5. The first-order valence-electron chi connectivity index (χ1n) is 8.02. The van der Waals surface area contributed by atoms with E-state index in [1.807, 2.05) is 13.8 Å². The number of hydrogen-bond donors (Lipinski definition) is 0. The Morgan fingerprint density at radius 3 is 2.77 bits per heavy atom. The van der Waals surface area contributed by atoms with E-state index in [1.165, 1.54) is 21.9 Å². The molecule has 0 aromatic carbocycles. The second-order valence-corrected chi connectivity index (χ2v) is 7.73. The highest BCUT2D eigenvalue weighted by Crippen LogP contribution is 2.22. The second kappa shape index (κ2) is 7.16. The lowest BCUT2D eigenvalue weighted by molar-refractivity contribution is 0.0470. The number of halogens is 1. The maximum atomic E-state index is 12.4. The van der Waals surface area contributed by atoms with Gasteiger partial charge in [0, 0.05) is 18.3 Å². The van der Waals surface area contributed by atoms with Gasteiger partial charge in [0.15, 0.2) is 5.01 Å². The molecule has 138 valence electrons. The molecule has 3 aromatic rings. The molecule has 0 radical (unpaired) electrons. The summed E-state index contributed by atoms with van der Waals surface area (Å²) in [5, 5.41) is 9.17. The number of aromatic nitrogens is 5. The Morgan fingerprint density at radius 1 is 1.35 bits per heavy atom. The van der Waals surface area contributed by atoms with Gasteiger partial charge < -0.3 is 4.74 Å². The fourth-order valence-electron chi connectivity index (χ4n) is 2.47. The molecule has 0 aliphatic carbocycles. The monoisotopic (exact) mass is 395 g/mol. The number of hydrogen-bond acceptors (Lipinski definition) is 7. The Labute approximate surface area is 158 Å². The maximum Gasteiger partial charge on any atom is 0.343 e. The minimum Gasteiger partial charge on any atom is -0.454 e. The van der Waals surface area contributed by atoms with Gasteiger partial charge in [0.05, 0.1) is 5.69 Å². The van der Waals surface area contributed by atoms with Crippen molar-refractivity contribution >= 4 is 33.9 Å². The number of fused-ring (bicyclic) bond motifs is 1. The molecule has 0 N–H and O–H groups in total. The molecule has 0 aliphatic rings. The highest BCUT2D eigenvalue weighted by Gasteiger charge is 2.22. The Morgan fingerprint density at radius 2 is 2.08 bits per heavy atom.